The highest BCUT2D eigenvalue weighted by molar-refractivity contribution is 6.58. The first-order chi connectivity index (χ1) is 7.99. The van der Waals surface area contributed by atoms with Gasteiger partial charge < -0.3 is 10.0 Å². The Labute approximate surface area is 103 Å². The van der Waals surface area contributed by atoms with Crippen LogP contribution in [0.5, 0.6) is 0 Å². The van der Waals surface area contributed by atoms with E-state index >= 15 is 0 Å². The number of benzene rings is 1. The molecule has 0 spiro atoms. The van der Waals surface area contributed by atoms with Crippen LogP contribution in [-0.4, -0.2) is 34.2 Å². The van der Waals surface area contributed by atoms with Gasteiger partial charge in [0.2, 0.25) is 0 Å². The second-order valence-corrected chi connectivity index (χ2v) is 5.46. The standard InChI is InChI=1S/C13H20BNO2/c1-13(2)7-4-8-15(13)10-11-5-3-6-12(9-11)14(16)17/h3,5-6,9,16-17H,4,7-8,10H2,1-2H3. The van der Waals surface area contributed by atoms with Crippen LogP contribution < -0.4 is 5.46 Å². The second kappa shape index (κ2) is 4.80. The van der Waals surface area contributed by atoms with Gasteiger partial charge in [0.05, 0.1) is 0 Å². The van der Waals surface area contributed by atoms with Crippen LogP contribution in [0.2, 0.25) is 0 Å². The normalized spacial score (nSPS) is 19.5. The zero-order chi connectivity index (χ0) is 12.5. The van der Waals surface area contributed by atoms with Gasteiger partial charge in [0.1, 0.15) is 0 Å². The molecule has 0 atom stereocenters. The topological polar surface area (TPSA) is 43.7 Å². The summed E-state index contributed by atoms with van der Waals surface area (Å²) in [7, 11) is -1.37. The lowest BCUT2D eigenvalue weighted by molar-refractivity contribution is 0.166. The van der Waals surface area contributed by atoms with Crippen LogP contribution in [-0.2, 0) is 6.54 Å². The molecule has 1 aromatic rings. The van der Waals surface area contributed by atoms with E-state index in [0.29, 0.717) is 5.46 Å². The summed E-state index contributed by atoms with van der Waals surface area (Å²) in [6.07, 6.45) is 2.48. The van der Waals surface area contributed by atoms with E-state index in [9.17, 15) is 0 Å². The molecule has 1 saturated heterocycles. The summed E-state index contributed by atoms with van der Waals surface area (Å²) in [5.74, 6) is 0. The van der Waals surface area contributed by atoms with Crippen molar-refractivity contribution >= 4 is 12.6 Å². The molecular formula is C13H20BNO2. The van der Waals surface area contributed by atoms with Gasteiger partial charge in [-0.3, -0.25) is 4.90 Å². The summed E-state index contributed by atoms with van der Waals surface area (Å²) >= 11 is 0. The summed E-state index contributed by atoms with van der Waals surface area (Å²) in [5.41, 5.74) is 1.97. The fraction of sp³-hybridized carbons (Fsp3) is 0.538. The van der Waals surface area contributed by atoms with Crippen LogP contribution in [0.4, 0.5) is 0 Å². The van der Waals surface area contributed by atoms with E-state index in [1.807, 2.05) is 18.2 Å². The molecule has 0 unspecified atom stereocenters. The Bertz CT molecular complexity index is 393. The van der Waals surface area contributed by atoms with Crippen molar-refractivity contribution in [2.45, 2.75) is 38.8 Å². The van der Waals surface area contributed by atoms with E-state index in [4.69, 9.17) is 10.0 Å². The number of hydrogen-bond acceptors (Lipinski definition) is 3. The molecule has 4 heteroatoms. The molecule has 1 heterocycles. The summed E-state index contributed by atoms with van der Waals surface area (Å²) in [6.45, 7) is 6.54. The molecule has 1 aliphatic rings. The van der Waals surface area contributed by atoms with Crippen LogP contribution in [0, 0.1) is 0 Å². The molecule has 0 aromatic heterocycles. The van der Waals surface area contributed by atoms with E-state index in [1.54, 1.807) is 6.07 Å². The molecule has 17 heavy (non-hydrogen) atoms. The van der Waals surface area contributed by atoms with Crippen LogP contribution in [0.3, 0.4) is 0 Å². The van der Waals surface area contributed by atoms with Crippen molar-refractivity contribution in [3.05, 3.63) is 29.8 Å². The van der Waals surface area contributed by atoms with Crippen LogP contribution in [0.25, 0.3) is 0 Å². The van der Waals surface area contributed by atoms with Gasteiger partial charge in [-0.25, -0.2) is 0 Å². The van der Waals surface area contributed by atoms with Crippen LogP contribution in [0.15, 0.2) is 24.3 Å². The minimum absolute atomic E-state index is 0.258. The fourth-order valence-electron chi connectivity index (χ4n) is 2.53. The molecule has 0 bridgehead atoms. The molecule has 2 N–H and O–H groups in total. The molecule has 3 nitrogen and oxygen atoms in total. The Kier molecular flexibility index (Phi) is 3.57. The van der Waals surface area contributed by atoms with Crippen LogP contribution in [0.1, 0.15) is 32.3 Å². The Morgan fingerprint density at radius 3 is 2.71 bits per heavy atom. The van der Waals surface area contributed by atoms with Gasteiger partial charge in [0.25, 0.3) is 0 Å². The van der Waals surface area contributed by atoms with E-state index in [1.165, 1.54) is 12.8 Å². The minimum atomic E-state index is -1.37. The molecule has 0 saturated carbocycles. The van der Waals surface area contributed by atoms with Gasteiger partial charge in [0.15, 0.2) is 0 Å². The summed E-state index contributed by atoms with van der Waals surface area (Å²) in [5, 5.41) is 18.3. The fourth-order valence-corrected chi connectivity index (χ4v) is 2.53. The van der Waals surface area contributed by atoms with Crippen LogP contribution >= 0.6 is 0 Å². The Balaban J connectivity index is 2.11. The molecule has 0 aliphatic carbocycles. The number of rotatable bonds is 3. The van der Waals surface area contributed by atoms with Crippen molar-refractivity contribution in [3.63, 3.8) is 0 Å². The predicted octanol–water partition coefficient (Wildman–Crippen LogP) is 0.741. The molecule has 1 aromatic carbocycles. The van der Waals surface area contributed by atoms with E-state index < -0.39 is 7.12 Å². The van der Waals surface area contributed by atoms with Crippen molar-refractivity contribution in [1.29, 1.82) is 0 Å². The Hall–Kier alpha value is -0.835. The summed E-state index contributed by atoms with van der Waals surface area (Å²) < 4.78 is 0. The molecule has 2 rings (SSSR count). The minimum Gasteiger partial charge on any atom is -0.423 e. The first kappa shape index (κ1) is 12.6. The zero-order valence-corrected chi connectivity index (χ0v) is 10.6. The lowest BCUT2D eigenvalue weighted by atomic mass is 9.79. The van der Waals surface area contributed by atoms with Crippen molar-refractivity contribution in [2.75, 3.05) is 6.54 Å². The molecule has 1 fully saturated rings. The van der Waals surface area contributed by atoms with Crippen molar-refractivity contribution < 1.29 is 10.0 Å². The highest BCUT2D eigenvalue weighted by Gasteiger charge is 2.31. The molecule has 1 aliphatic heterocycles. The monoisotopic (exact) mass is 233 g/mol. The Morgan fingerprint density at radius 2 is 2.12 bits per heavy atom. The van der Waals surface area contributed by atoms with Gasteiger partial charge in [-0.2, -0.15) is 0 Å². The lowest BCUT2D eigenvalue weighted by Gasteiger charge is -2.31. The van der Waals surface area contributed by atoms with Gasteiger partial charge in [-0.1, -0.05) is 24.3 Å². The highest BCUT2D eigenvalue weighted by Crippen LogP contribution is 2.29. The quantitative estimate of drug-likeness (QED) is 0.757. The molecular weight excluding hydrogens is 213 g/mol. The van der Waals surface area contributed by atoms with Crippen molar-refractivity contribution in [2.24, 2.45) is 0 Å². The first-order valence-electron chi connectivity index (χ1n) is 6.19. The predicted molar refractivity (Wildman–Crippen MR) is 70.0 cm³/mol. The highest BCUT2D eigenvalue weighted by atomic mass is 16.4. The maximum Gasteiger partial charge on any atom is 0.488 e. The van der Waals surface area contributed by atoms with Gasteiger partial charge in [-0.05, 0) is 44.3 Å². The smallest absolute Gasteiger partial charge is 0.423 e. The maximum atomic E-state index is 9.15. The third-order valence-electron chi connectivity index (χ3n) is 3.70. The maximum absolute atomic E-state index is 9.15. The van der Waals surface area contributed by atoms with E-state index in [0.717, 1.165) is 18.7 Å². The average Bonchev–Trinajstić information content (AvgIpc) is 2.59. The SMILES string of the molecule is CC1(C)CCCN1Cc1cccc(B(O)O)c1. The third-order valence-corrected chi connectivity index (χ3v) is 3.70. The first-order valence-corrected chi connectivity index (χ1v) is 6.19. The zero-order valence-electron chi connectivity index (χ0n) is 10.6. The molecule has 0 amide bonds. The van der Waals surface area contributed by atoms with Gasteiger partial charge >= 0.3 is 7.12 Å². The third kappa shape index (κ3) is 2.89. The molecule has 0 radical (unpaired) electrons. The second-order valence-electron chi connectivity index (χ2n) is 5.46. The van der Waals surface area contributed by atoms with Gasteiger partial charge in [0, 0.05) is 12.1 Å². The molecule has 92 valence electrons. The largest absolute Gasteiger partial charge is 0.488 e. The van der Waals surface area contributed by atoms with E-state index in [-0.39, 0.29) is 5.54 Å². The van der Waals surface area contributed by atoms with Crippen molar-refractivity contribution in [1.82, 2.24) is 4.90 Å². The number of likely N-dealkylation sites (tertiary alicyclic amines) is 1. The number of nitrogens with zero attached hydrogens (tertiary/aromatic N) is 1. The summed E-state index contributed by atoms with van der Waals surface area (Å²) in [4.78, 5) is 2.45. The van der Waals surface area contributed by atoms with Gasteiger partial charge in [-0.15, -0.1) is 0 Å². The lowest BCUT2D eigenvalue weighted by Crippen LogP contribution is -2.38. The van der Waals surface area contributed by atoms with Crippen molar-refractivity contribution in [3.8, 4) is 0 Å². The van der Waals surface area contributed by atoms with E-state index in [2.05, 4.69) is 18.7 Å². The average molecular weight is 233 g/mol. The summed E-state index contributed by atoms with van der Waals surface area (Å²) in [6, 6.07) is 7.54. The Morgan fingerprint density at radius 1 is 1.35 bits per heavy atom. The number of hydrogen-bond donors (Lipinski definition) is 2.